The van der Waals surface area contributed by atoms with Gasteiger partial charge in [0.1, 0.15) is 11.3 Å². The van der Waals surface area contributed by atoms with Crippen LogP contribution in [-0.4, -0.2) is 60.4 Å². The smallest absolute Gasteiger partial charge is 0.101 e. The Kier molecular flexibility index (Phi) is 1.75. The second-order valence-corrected chi connectivity index (χ2v) is 4.97. The van der Waals surface area contributed by atoms with Crippen LogP contribution < -0.4 is 10.6 Å². The van der Waals surface area contributed by atoms with Crippen molar-refractivity contribution in [2.45, 2.75) is 25.2 Å². The standard InChI is InChI=1S/C10H20N4/c1-9-10(2)12-4-6-14(10)8-7-13(9)5-3-11-9/h11-12H,3-8H2,1-2H3/t9-,10-/m0/s1. The van der Waals surface area contributed by atoms with Gasteiger partial charge in [-0.2, -0.15) is 0 Å². The molecule has 80 valence electrons. The highest BCUT2D eigenvalue weighted by Gasteiger charge is 2.58. The third-order valence-electron chi connectivity index (χ3n) is 4.55. The molecular weight excluding hydrogens is 176 g/mol. The Hall–Kier alpha value is -0.160. The molecule has 3 aliphatic rings. The van der Waals surface area contributed by atoms with Gasteiger partial charge in [0.05, 0.1) is 0 Å². The third-order valence-corrected chi connectivity index (χ3v) is 4.55. The van der Waals surface area contributed by atoms with E-state index in [4.69, 9.17) is 0 Å². The lowest BCUT2D eigenvalue weighted by Crippen LogP contribution is -2.77. The van der Waals surface area contributed by atoms with Crippen LogP contribution in [0, 0.1) is 0 Å². The van der Waals surface area contributed by atoms with Crippen LogP contribution in [0.5, 0.6) is 0 Å². The highest BCUT2D eigenvalue weighted by atomic mass is 15.5. The molecule has 3 aliphatic heterocycles. The van der Waals surface area contributed by atoms with E-state index in [0.717, 1.165) is 13.1 Å². The van der Waals surface area contributed by atoms with E-state index >= 15 is 0 Å². The lowest BCUT2D eigenvalue weighted by Gasteiger charge is -2.55. The van der Waals surface area contributed by atoms with Crippen LogP contribution in [0.4, 0.5) is 0 Å². The van der Waals surface area contributed by atoms with E-state index in [9.17, 15) is 0 Å². The summed E-state index contributed by atoms with van der Waals surface area (Å²) in [6.45, 7) is 11.7. The lowest BCUT2D eigenvalue weighted by atomic mass is 9.92. The number of nitrogens with zero attached hydrogens (tertiary/aromatic N) is 2. The Bertz CT molecular complexity index is 231. The van der Waals surface area contributed by atoms with Crippen LogP contribution in [0.15, 0.2) is 0 Å². The van der Waals surface area contributed by atoms with Crippen molar-refractivity contribution in [3.05, 3.63) is 0 Å². The molecule has 14 heavy (non-hydrogen) atoms. The molecular formula is C10H20N4. The third kappa shape index (κ3) is 0.877. The molecule has 2 atom stereocenters. The fourth-order valence-electron chi connectivity index (χ4n) is 3.41. The molecule has 3 saturated heterocycles. The zero-order valence-corrected chi connectivity index (χ0v) is 9.14. The molecule has 0 aromatic heterocycles. The Morgan fingerprint density at radius 3 is 1.64 bits per heavy atom. The van der Waals surface area contributed by atoms with Gasteiger partial charge >= 0.3 is 0 Å². The molecule has 3 heterocycles. The summed E-state index contributed by atoms with van der Waals surface area (Å²) in [6, 6.07) is 0. The van der Waals surface area contributed by atoms with Crippen molar-refractivity contribution in [3.63, 3.8) is 0 Å². The van der Waals surface area contributed by atoms with Gasteiger partial charge in [-0.3, -0.25) is 20.4 Å². The van der Waals surface area contributed by atoms with Crippen molar-refractivity contribution in [1.29, 1.82) is 0 Å². The Morgan fingerprint density at radius 2 is 1.21 bits per heavy atom. The highest BCUT2D eigenvalue weighted by molar-refractivity contribution is 5.12. The second kappa shape index (κ2) is 2.70. The van der Waals surface area contributed by atoms with Crippen LogP contribution in [0.1, 0.15) is 13.8 Å². The number of rotatable bonds is 0. The van der Waals surface area contributed by atoms with Gasteiger partial charge < -0.3 is 0 Å². The molecule has 0 unspecified atom stereocenters. The molecule has 0 amide bonds. The summed E-state index contributed by atoms with van der Waals surface area (Å²) in [6.07, 6.45) is 0. The van der Waals surface area contributed by atoms with E-state index in [1.165, 1.54) is 26.2 Å². The van der Waals surface area contributed by atoms with E-state index in [-0.39, 0.29) is 11.3 Å². The van der Waals surface area contributed by atoms with Gasteiger partial charge in [-0.15, -0.1) is 0 Å². The fourth-order valence-corrected chi connectivity index (χ4v) is 3.41. The number of fused-ring (bicyclic) bond motifs is 3. The molecule has 2 N–H and O–H groups in total. The van der Waals surface area contributed by atoms with Crippen LogP contribution in [0.2, 0.25) is 0 Å². The normalized spacial score (nSPS) is 49.3. The van der Waals surface area contributed by atoms with Gasteiger partial charge in [0.25, 0.3) is 0 Å². The summed E-state index contributed by atoms with van der Waals surface area (Å²) in [4.78, 5) is 5.17. The molecule has 0 saturated carbocycles. The van der Waals surface area contributed by atoms with Crippen LogP contribution in [-0.2, 0) is 0 Å². The minimum absolute atomic E-state index is 0.127. The first-order chi connectivity index (χ1) is 6.67. The van der Waals surface area contributed by atoms with Gasteiger partial charge in [-0.25, -0.2) is 0 Å². The van der Waals surface area contributed by atoms with Crippen LogP contribution >= 0.6 is 0 Å². The minimum atomic E-state index is 0.127. The van der Waals surface area contributed by atoms with E-state index in [1.54, 1.807) is 0 Å². The summed E-state index contributed by atoms with van der Waals surface area (Å²) in [7, 11) is 0. The van der Waals surface area contributed by atoms with Crippen molar-refractivity contribution in [2.24, 2.45) is 0 Å². The topological polar surface area (TPSA) is 30.5 Å². The minimum Gasteiger partial charge on any atom is -0.295 e. The average Bonchev–Trinajstić information content (AvgIpc) is 2.69. The fraction of sp³-hybridized carbons (Fsp3) is 1.00. The summed E-state index contributed by atoms with van der Waals surface area (Å²) < 4.78 is 0. The highest BCUT2D eigenvalue weighted by Crippen LogP contribution is 2.37. The zero-order chi connectivity index (χ0) is 9.81. The maximum absolute atomic E-state index is 3.67. The molecule has 3 rings (SSSR count). The zero-order valence-electron chi connectivity index (χ0n) is 9.14. The quantitative estimate of drug-likeness (QED) is 0.533. The summed E-state index contributed by atoms with van der Waals surface area (Å²) in [5.74, 6) is 0. The Labute approximate surface area is 85.6 Å². The first-order valence-corrected chi connectivity index (χ1v) is 5.67. The van der Waals surface area contributed by atoms with Crippen molar-refractivity contribution in [1.82, 2.24) is 20.4 Å². The molecule has 0 bridgehead atoms. The molecule has 0 radical (unpaired) electrons. The molecule has 4 heteroatoms. The summed E-state index contributed by atoms with van der Waals surface area (Å²) in [5, 5.41) is 7.34. The van der Waals surface area contributed by atoms with Crippen molar-refractivity contribution >= 4 is 0 Å². The van der Waals surface area contributed by atoms with Gasteiger partial charge in [-0.05, 0) is 13.8 Å². The van der Waals surface area contributed by atoms with E-state index < -0.39 is 0 Å². The largest absolute Gasteiger partial charge is 0.295 e. The van der Waals surface area contributed by atoms with Crippen molar-refractivity contribution < 1.29 is 0 Å². The number of hydrogen-bond donors (Lipinski definition) is 2. The molecule has 0 aromatic rings. The Morgan fingerprint density at radius 1 is 0.786 bits per heavy atom. The van der Waals surface area contributed by atoms with E-state index in [0.29, 0.717) is 0 Å². The molecule has 4 nitrogen and oxygen atoms in total. The van der Waals surface area contributed by atoms with Crippen LogP contribution in [0.25, 0.3) is 0 Å². The van der Waals surface area contributed by atoms with Gasteiger partial charge in [0, 0.05) is 39.3 Å². The molecule has 3 fully saturated rings. The molecule has 0 aromatic carbocycles. The SMILES string of the molecule is C[C@]12NCCN1CCN1CCN[C@@]12C. The predicted molar refractivity (Wildman–Crippen MR) is 56.0 cm³/mol. The maximum atomic E-state index is 3.67. The van der Waals surface area contributed by atoms with Gasteiger partial charge in [0.15, 0.2) is 0 Å². The summed E-state index contributed by atoms with van der Waals surface area (Å²) in [5.41, 5.74) is 0.253. The predicted octanol–water partition coefficient (Wildman–Crippen LogP) is -0.757. The first kappa shape index (κ1) is 9.09. The molecule has 0 spiro atoms. The Balaban J connectivity index is 2.00. The second-order valence-electron chi connectivity index (χ2n) is 4.97. The monoisotopic (exact) mass is 196 g/mol. The van der Waals surface area contributed by atoms with Gasteiger partial charge in [-0.1, -0.05) is 0 Å². The molecule has 0 aliphatic carbocycles. The van der Waals surface area contributed by atoms with Crippen molar-refractivity contribution in [3.8, 4) is 0 Å². The average molecular weight is 196 g/mol. The first-order valence-electron chi connectivity index (χ1n) is 5.67. The van der Waals surface area contributed by atoms with E-state index in [2.05, 4.69) is 34.3 Å². The lowest BCUT2D eigenvalue weighted by molar-refractivity contribution is -0.0804. The number of piperazine rings is 1. The number of hydrogen-bond acceptors (Lipinski definition) is 4. The maximum Gasteiger partial charge on any atom is 0.101 e. The van der Waals surface area contributed by atoms with E-state index in [1.807, 2.05) is 0 Å². The summed E-state index contributed by atoms with van der Waals surface area (Å²) >= 11 is 0. The number of nitrogens with one attached hydrogen (secondary N) is 2. The van der Waals surface area contributed by atoms with Gasteiger partial charge in [0.2, 0.25) is 0 Å². The van der Waals surface area contributed by atoms with Crippen LogP contribution in [0.3, 0.4) is 0 Å². The van der Waals surface area contributed by atoms with Crippen molar-refractivity contribution in [2.75, 3.05) is 39.3 Å².